The molecule has 0 aliphatic carbocycles. The van der Waals surface area contributed by atoms with Gasteiger partial charge in [-0.2, -0.15) is 0 Å². The minimum atomic E-state index is -2.17. The quantitative estimate of drug-likeness (QED) is 0.161. The van der Waals surface area contributed by atoms with Gasteiger partial charge in [0, 0.05) is 39.8 Å². The lowest BCUT2D eigenvalue weighted by Gasteiger charge is -2.16. The molecule has 0 amide bonds. The summed E-state index contributed by atoms with van der Waals surface area (Å²) in [5.41, 5.74) is 2.72. The molecule has 0 radical (unpaired) electrons. The highest BCUT2D eigenvalue weighted by Crippen LogP contribution is 2.35. The lowest BCUT2D eigenvalue weighted by molar-refractivity contribution is 0.368. The minimum Gasteiger partial charge on any atom is -0.379 e. The van der Waals surface area contributed by atoms with Gasteiger partial charge in [-0.1, -0.05) is 30.3 Å². The molecule has 5 aromatic rings. The molecule has 0 saturated carbocycles. The molecule has 0 saturated heterocycles. The number of aryl methyl sites for hydroxylation is 1. The van der Waals surface area contributed by atoms with Gasteiger partial charge >= 0.3 is 0 Å². The van der Waals surface area contributed by atoms with Gasteiger partial charge in [0.25, 0.3) is 0 Å². The van der Waals surface area contributed by atoms with Crippen LogP contribution >= 0.6 is 0 Å². The van der Waals surface area contributed by atoms with Crippen LogP contribution in [0.5, 0.6) is 0 Å². The number of hydrogen-bond acceptors (Lipinski definition) is 2. The van der Waals surface area contributed by atoms with E-state index in [0.717, 1.165) is 22.0 Å². The Bertz CT molecular complexity index is 1550. The number of rotatable bonds is 5. The van der Waals surface area contributed by atoms with Crippen molar-refractivity contribution in [2.75, 3.05) is 5.32 Å². The molecule has 1 unspecified atom stereocenters. The first-order valence-electron chi connectivity index (χ1n) is 11.0. The highest BCUT2D eigenvalue weighted by Gasteiger charge is 2.27. The van der Waals surface area contributed by atoms with Crippen LogP contribution in [0.4, 0.5) is 27.6 Å². The molecule has 1 atom stereocenters. The van der Waals surface area contributed by atoms with Crippen LogP contribution in [0, 0.1) is 36.0 Å². The van der Waals surface area contributed by atoms with Gasteiger partial charge in [-0.3, -0.25) is 4.98 Å². The van der Waals surface area contributed by atoms with Crippen molar-refractivity contribution in [3.05, 3.63) is 107 Å². The smallest absolute Gasteiger partial charge is 0.200 e. The summed E-state index contributed by atoms with van der Waals surface area (Å²) in [6.45, 7) is 3.21. The van der Waals surface area contributed by atoms with Crippen molar-refractivity contribution in [2.24, 2.45) is 0 Å². The number of nitrogens with one attached hydrogen (secondary N) is 1. The predicted molar refractivity (Wildman–Crippen MR) is 126 cm³/mol. The second-order valence-corrected chi connectivity index (χ2v) is 8.44. The predicted octanol–water partition coefficient (Wildman–Crippen LogP) is 7.41. The van der Waals surface area contributed by atoms with E-state index in [4.69, 9.17) is 0 Å². The Morgan fingerprint density at radius 1 is 0.829 bits per heavy atom. The Labute approximate surface area is 197 Å². The van der Waals surface area contributed by atoms with Gasteiger partial charge in [0.1, 0.15) is 0 Å². The Kier molecular flexibility index (Phi) is 5.67. The summed E-state index contributed by atoms with van der Waals surface area (Å²) in [5, 5.41) is 4.96. The summed E-state index contributed by atoms with van der Waals surface area (Å²) < 4.78 is 71.8. The van der Waals surface area contributed by atoms with Crippen molar-refractivity contribution < 1.29 is 22.0 Å². The molecule has 5 rings (SSSR count). The van der Waals surface area contributed by atoms with Gasteiger partial charge in [-0.15, -0.1) is 0 Å². The molecule has 0 fully saturated rings. The minimum absolute atomic E-state index is 0.0127. The lowest BCUT2D eigenvalue weighted by Crippen LogP contribution is -2.11. The van der Waals surface area contributed by atoms with Crippen LogP contribution in [0.1, 0.15) is 29.8 Å². The van der Waals surface area contributed by atoms with Gasteiger partial charge in [0.2, 0.25) is 5.82 Å². The fourth-order valence-electron chi connectivity index (χ4n) is 4.50. The first-order valence-corrected chi connectivity index (χ1v) is 11.0. The highest BCUT2D eigenvalue weighted by molar-refractivity contribution is 6.09. The average Bonchev–Trinajstić information content (AvgIpc) is 3.18. The fourth-order valence-corrected chi connectivity index (χ4v) is 4.50. The van der Waals surface area contributed by atoms with Crippen molar-refractivity contribution in [1.82, 2.24) is 9.55 Å². The van der Waals surface area contributed by atoms with Crippen LogP contribution in [0.3, 0.4) is 0 Å². The van der Waals surface area contributed by atoms with E-state index >= 15 is 0 Å². The first-order chi connectivity index (χ1) is 16.8. The standard InChI is InChI=1S/C27H20F5N3/c1-14(16-6-4-3-5-7-16)34-17-8-9-21-19(12-17)18-10-11-33-15(2)27(18)35(21)13-20-22(28)24(30)26(32)25(31)23(20)29/h3-12,14,34H,13H2,1-2H3. The molecule has 0 bridgehead atoms. The Morgan fingerprint density at radius 3 is 2.17 bits per heavy atom. The normalized spacial score (nSPS) is 12.4. The van der Waals surface area contributed by atoms with Crippen LogP contribution in [-0.2, 0) is 6.54 Å². The second kappa shape index (κ2) is 8.69. The summed E-state index contributed by atoms with van der Waals surface area (Å²) in [4.78, 5) is 4.28. The fraction of sp³-hybridized carbons (Fsp3) is 0.148. The Morgan fingerprint density at radius 2 is 1.49 bits per heavy atom. The number of halogens is 5. The lowest BCUT2D eigenvalue weighted by atomic mass is 10.1. The van der Waals surface area contributed by atoms with E-state index in [9.17, 15) is 22.0 Å². The van der Waals surface area contributed by atoms with Gasteiger partial charge in [-0.25, -0.2) is 22.0 Å². The number of aromatic nitrogens is 2. The van der Waals surface area contributed by atoms with E-state index in [0.29, 0.717) is 16.7 Å². The molecule has 3 aromatic carbocycles. The third-order valence-corrected chi connectivity index (χ3v) is 6.25. The van der Waals surface area contributed by atoms with Gasteiger partial charge < -0.3 is 9.88 Å². The molecule has 2 aromatic heterocycles. The van der Waals surface area contributed by atoms with E-state index in [-0.39, 0.29) is 6.04 Å². The molecule has 35 heavy (non-hydrogen) atoms. The number of hydrogen-bond donors (Lipinski definition) is 1. The van der Waals surface area contributed by atoms with Crippen molar-refractivity contribution >= 4 is 27.5 Å². The van der Waals surface area contributed by atoms with E-state index in [2.05, 4.69) is 10.3 Å². The van der Waals surface area contributed by atoms with Crippen LogP contribution in [0.2, 0.25) is 0 Å². The zero-order valence-electron chi connectivity index (χ0n) is 18.8. The molecule has 8 heteroatoms. The van der Waals surface area contributed by atoms with E-state index in [1.54, 1.807) is 25.3 Å². The molecule has 178 valence electrons. The average molecular weight is 481 g/mol. The van der Waals surface area contributed by atoms with Gasteiger partial charge in [0.05, 0.1) is 17.8 Å². The van der Waals surface area contributed by atoms with Crippen molar-refractivity contribution in [3.63, 3.8) is 0 Å². The number of anilines is 1. The zero-order chi connectivity index (χ0) is 24.9. The maximum absolute atomic E-state index is 14.5. The van der Waals surface area contributed by atoms with E-state index < -0.39 is 41.2 Å². The maximum Gasteiger partial charge on any atom is 0.200 e. The summed E-state index contributed by atoms with van der Waals surface area (Å²) in [6.07, 6.45) is 1.62. The van der Waals surface area contributed by atoms with Crippen molar-refractivity contribution in [1.29, 1.82) is 0 Å². The number of fused-ring (bicyclic) bond motifs is 3. The van der Waals surface area contributed by atoms with Crippen LogP contribution in [-0.4, -0.2) is 9.55 Å². The highest BCUT2D eigenvalue weighted by atomic mass is 19.2. The first kappa shape index (κ1) is 22.8. The second-order valence-electron chi connectivity index (χ2n) is 8.44. The van der Waals surface area contributed by atoms with Crippen molar-refractivity contribution in [3.8, 4) is 0 Å². The van der Waals surface area contributed by atoms with E-state index in [1.165, 1.54) is 4.57 Å². The zero-order valence-corrected chi connectivity index (χ0v) is 18.8. The van der Waals surface area contributed by atoms with Gasteiger partial charge in [-0.05, 0) is 43.7 Å². The van der Waals surface area contributed by atoms with Gasteiger partial charge in [0.15, 0.2) is 23.3 Å². The monoisotopic (exact) mass is 481 g/mol. The Hall–Kier alpha value is -3.94. The Balaban J connectivity index is 1.65. The van der Waals surface area contributed by atoms with Crippen LogP contribution in [0.15, 0.2) is 60.8 Å². The number of nitrogens with zero attached hydrogens (tertiary/aromatic N) is 2. The summed E-state index contributed by atoms with van der Waals surface area (Å²) in [5.74, 6) is -9.78. The summed E-state index contributed by atoms with van der Waals surface area (Å²) in [7, 11) is 0. The molecular weight excluding hydrogens is 461 g/mol. The molecule has 0 aliphatic heterocycles. The molecule has 2 heterocycles. The van der Waals surface area contributed by atoms with E-state index in [1.807, 2.05) is 49.4 Å². The molecular formula is C27H20F5N3. The topological polar surface area (TPSA) is 29.9 Å². The maximum atomic E-state index is 14.5. The van der Waals surface area contributed by atoms with Crippen molar-refractivity contribution in [2.45, 2.75) is 26.4 Å². The third-order valence-electron chi connectivity index (χ3n) is 6.25. The number of pyridine rings is 1. The molecule has 0 aliphatic rings. The van der Waals surface area contributed by atoms with Crippen LogP contribution in [0.25, 0.3) is 21.8 Å². The molecule has 0 spiro atoms. The summed E-state index contributed by atoms with van der Waals surface area (Å²) in [6, 6.07) is 17.2. The number of benzene rings is 3. The van der Waals surface area contributed by atoms with Crippen LogP contribution < -0.4 is 5.32 Å². The molecule has 3 nitrogen and oxygen atoms in total. The largest absolute Gasteiger partial charge is 0.379 e. The summed E-state index contributed by atoms with van der Waals surface area (Å²) >= 11 is 0. The third kappa shape index (κ3) is 3.79. The SMILES string of the molecule is Cc1nccc2c3cc(NC(C)c4ccccc4)ccc3n(Cc3c(F)c(F)c(F)c(F)c3F)c12. The molecule has 1 N–H and O–H groups in total.